The molecule has 3 rings (SSSR count). The van der Waals surface area contributed by atoms with Gasteiger partial charge in [-0.1, -0.05) is 0 Å². The van der Waals surface area contributed by atoms with Gasteiger partial charge in [-0.05, 0) is 20.8 Å². The number of hydrogen-bond donors (Lipinski definition) is 2. The van der Waals surface area contributed by atoms with Crippen LogP contribution in [0.1, 0.15) is 18.6 Å². The van der Waals surface area contributed by atoms with Crippen molar-refractivity contribution in [1.29, 1.82) is 0 Å². The number of amides is 1. The predicted octanol–water partition coefficient (Wildman–Crippen LogP) is 2.51. The molecule has 0 atom stereocenters. The number of aromatic amines is 1. The second-order valence-corrected chi connectivity index (χ2v) is 5.14. The number of nitrogens with one attached hydrogen (secondary N) is 2. The van der Waals surface area contributed by atoms with Gasteiger partial charge in [0.05, 0.1) is 6.61 Å². The van der Waals surface area contributed by atoms with Gasteiger partial charge in [-0.2, -0.15) is 4.37 Å². The molecule has 0 radical (unpaired) electrons. The maximum absolute atomic E-state index is 11.6. The summed E-state index contributed by atoms with van der Waals surface area (Å²) in [5, 5.41) is 18.1. The molecule has 0 bridgehead atoms. The summed E-state index contributed by atoms with van der Waals surface area (Å²) in [4.78, 5) is 20.0. The first-order valence-electron chi connectivity index (χ1n) is 6.68. The van der Waals surface area contributed by atoms with Crippen LogP contribution in [-0.4, -0.2) is 41.9 Å². The topological polar surface area (TPSA) is 135 Å². The summed E-state index contributed by atoms with van der Waals surface area (Å²) in [6.07, 6.45) is -0.631. The lowest BCUT2D eigenvalue weighted by atomic mass is 10.5. The van der Waals surface area contributed by atoms with E-state index in [1.165, 1.54) is 4.63 Å². The van der Waals surface area contributed by atoms with E-state index >= 15 is 0 Å². The number of H-pyrrole nitrogens is 1. The highest BCUT2D eigenvalue weighted by Crippen LogP contribution is 2.30. The van der Waals surface area contributed by atoms with Gasteiger partial charge in [0.25, 0.3) is 0 Å². The van der Waals surface area contributed by atoms with E-state index in [2.05, 4.69) is 40.1 Å². The number of aryl methyl sites for hydroxylation is 2. The molecule has 3 heterocycles. The number of carbonyl (C=O) groups excluding carboxylic acids is 1. The maximum Gasteiger partial charge on any atom is 0.412 e. The van der Waals surface area contributed by atoms with E-state index in [1.54, 1.807) is 20.8 Å². The van der Waals surface area contributed by atoms with Crippen LogP contribution in [0.15, 0.2) is 10.2 Å². The molecule has 3 aromatic rings. The number of azo groups is 1. The van der Waals surface area contributed by atoms with Crippen molar-refractivity contribution < 1.29 is 9.53 Å². The van der Waals surface area contributed by atoms with Crippen molar-refractivity contribution in [3.63, 3.8) is 0 Å². The molecule has 3 aromatic heterocycles. The van der Waals surface area contributed by atoms with Crippen LogP contribution >= 0.6 is 11.5 Å². The number of ether oxygens (including phenoxy) is 1. The van der Waals surface area contributed by atoms with Gasteiger partial charge in [0.2, 0.25) is 10.8 Å². The Labute approximate surface area is 134 Å². The number of nitrogens with zero attached hydrogens (tertiary/aromatic N) is 7. The Morgan fingerprint density at radius 1 is 1.39 bits per heavy atom. The molecule has 0 aromatic carbocycles. The second kappa shape index (κ2) is 6.08. The van der Waals surface area contributed by atoms with Crippen molar-refractivity contribution in [1.82, 2.24) is 29.2 Å². The summed E-state index contributed by atoms with van der Waals surface area (Å²) >= 11 is 1.12. The molecule has 0 spiro atoms. The zero-order chi connectivity index (χ0) is 16.4. The number of fused-ring (bicyclic) bond motifs is 1. The van der Waals surface area contributed by atoms with Crippen LogP contribution in [0.5, 0.6) is 0 Å². The molecule has 120 valence electrons. The minimum Gasteiger partial charge on any atom is -0.450 e. The van der Waals surface area contributed by atoms with Gasteiger partial charge in [0.15, 0.2) is 11.5 Å². The van der Waals surface area contributed by atoms with Crippen LogP contribution in [0.3, 0.4) is 0 Å². The molecule has 2 N–H and O–H groups in total. The minimum atomic E-state index is -0.631. The Balaban J connectivity index is 1.97. The van der Waals surface area contributed by atoms with Gasteiger partial charge in [0.1, 0.15) is 11.6 Å². The molecular formula is C11H13N9O2S. The van der Waals surface area contributed by atoms with Gasteiger partial charge in [-0.15, -0.1) is 20.0 Å². The summed E-state index contributed by atoms with van der Waals surface area (Å²) < 4.78 is 10.3. The van der Waals surface area contributed by atoms with Crippen molar-refractivity contribution in [3.8, 4) is 0 Å². The molecular weight excluding hydrogens is 322 g/mol. The number of anilines is 1. The highest BCUT2D eigenvalue weighted by atomic mass is 32.1. The van der Waals surface area contributed by atoms with Crippen LogP contribution < -0.4 is 5.32 Å². The Hall–Kier alpha value is -2.89. The van der Waals surface area contributed by atoms with Crippen LogP contribution in [0.4, 0.5) is 21.4 Å². The first-order valence-corrected chi connectivity index (χ1v) is 7.45. The smallest absolute Gasteiger partial charge is 0.412 e. The molecule has 11 nitrogen and oxygen atoms in total. The summed E-state index contributed by atoms with van der Waals surface area (Å²) in [5.74, 6) is 1.45. The lowest BCUT2D eigenvalue weighted by Gasteiger charge is -2.01. The van der Waals surface area contributed by atoms with Crippen LogP contribution in [0, 0.1) is 13.8 Å². The lowest BCUT2D eigenvalue weighted by molar-refractivity contribution is 0.168. The van der Waals surface area contributed by atoms with Crippen molar-refractivity contribution >= 4 is 39.9 Å². The second-order valence-electron chi connectivity index (χ2n) is 4.41. The minimum absolute atomic E-state index is 0.187. The molecule has 23 heavy (non-hydrogen) atoms. The lowest BCUT2D eigenvalue weighted by Crippen LogP contribution is -2.13. The Morgan fingerprint density at radius 2 is 2.22 bits per heavy atom. The Morgan fingerprint density at radius 3 is 2.91 bits per heavy atom. The normalized spacial score (nSPS) is 11.4. The Kier molecular flexibility index (Phi) is 3.97. The quantitative estimate of drug-likeness (QED) is 0.703. The van der Waals surface area contributed by atoms with E-state index in [4.69, 9.17) is 4.74 Å². The zero-order valence-corrected chi connectivity index (χ0v) is 13.4. The summed E-state index contributed by atoms with van der Waals surface area (Å²) in [6, 6.07) is 0. The molecule has 0 unspecified atom stereocenters. The van der Waals surface area contributed by atoms with E-state index in [0.717, 1.165) is 11.5 Å². The molecule has 12 heteroatoms. The number of aromatic nitrogens is 6. The number of carbonyl (C=O) groups is 1. The molecule has 0 saturated heterocycles. The Bertz CT molecular complexity index is 877. The third kappa shape index (κ3) is 3.15. The van der Waals surface area contributed by atoms with Crippen molar-refractivity contribution in [3.05, 3.63) is 11.6 Å². The maximum atomic E-state index is 11.6. The third-order valence-corrected chi connectivity index (χ3v) is 3.32. The van der Waals surface area contributed by atoms with Crippen LogP contribution in [-0.2, 0) is 4.74 Å². The van der Waals surface area contributed by atoms with Crippen LogP contribution in [0.25, 0.3) is 5.65 Å². The third-order valence-electron chi connectivity index (χ3n) is 2.63. The van der Waals surface area contributed by atoms with Crippen LogP contribution in [0.2, 0.25) is 0 Å². The summed E-state index contributed by atoms with van der Waals surface area (Å²) in [6.45, 7) is 5.50. The fourth-order valence-electron chi connectivity index (χ4n) is 1.78. The van der Waals surface area contributed by atoms with E-state index in [0.29, 0.717) is 28.1 Å². The van der Waals surface area contributed by atoms with Gasteiger partial charge >= 0.3 is 6.09 Å². The molecule has 0 aliphatic heterocycles. The van der Waals surface area contributed by atoms with E-state index in [1.807, 2.05) is 0 Å². The zero-order valence-electron chi connectivity index (χ0n) is 12.6. The van der Waals surface area contributed by atoms with Gasteiger partial charge in [-0.3, -0.25) is 10.4 Å². The number of hydrogen-bond acceptors (Lipinski definition) is 9. The monoisotopic (exact) mass is 335 g/mol. The summed E-state index contributed by atoms with van der Waals surface area (Å²) in [5.41, 5.74) is 0.731. The fourth-order valence-corrected chi connectivity index (χ4v) is 2.28. The van der Waals surface area contributed by atoms with Crippen molar-refractivity contribution in [2.45, 2.75) is 20.8 Å². The van der Waals surface area contributed by atoms with E-state index in [9.17, 15) is 4.79 Å². The van der Waals surface area contributed by atoms with E-state index < -0.39 is 6.09 Å². The molecule has 0 aliphatic carbocycles. The largest absolute Gasteiger partial charge is 0.450 e. The first kappa shape index (κ1) is 15.0. The fraction of sp³-hybridized carbons (Fsp3) is 0.364. The van der Waals surface area contributed by atoms with Gasteiger partial charge < -0.3 is 4.74 Å². The molecule has 0 saturated carbocycles. The highest BCUT2D eigenvalue weighted by Gasteiger charge is 2.18. The summed E-state index contributed by atoms with van der Waals surface area (Å²) in [7, 11) is 0. The molecule has 0 aliphatic rings. The molecule has 1 amide bonds. The first-order chi connectivity index (χ1) is 11.1. The van der Waals surface area contributed by atoms with Gasteiger partial charge in [-0.25, -0.2) is 14.8 Å². The van der Waals surface area contributed by atoms with Crippen molar-refractivity contribution in [2.75, 3.05) is 11.9 Å². The molecule has 0 fully saturated rings. The van der Waals surface area contributed by atoms with Crippen molar-refractivity contribution in [2.24, 2.45) is 10.2 Å². The standard InChI is InChI=1S/C11H13N9O2S/c1-4-22-11(21)14-8-7(9-12-5(2)17-20(9)18-8)15-16-10-13-6(3)19-23-10/h4H2,1-3H3,(H,12,17)(H,14,18,21). The average molecular weight is 335 g/mol. The highest BCUT2D eigenvalue weighted by molar-refractivity contribution is 7.09. The number of rotatable bonds is 4. The van der Waals surface area contributed by atoms with Gasteiger partial charge in [0, 0.05) is 11.5 Å². The average Bonchev–Trinajstić information content (AvgIpc) is 3.12. The SMILES string of the molecule is CCOC(=O)Nc1nn2[nH]c(C)nc2c1N=Nc1nc(C)ns1. The van der Waals surface area contributed by atoms with E-state index in [-0.39, 0.29) is 12.4 Å². The predicted molar refractivity (Wildman–Crippen MR) is 81.5 cm³/mol.